The molecule has 0 rings (SSSR count). The van der Waals surface area contributed by atoms with E-state index < -0.39 is 0 Å². The van der Waals surface area contributed by atoms with E-state index in [-0.39, 0.29) is 0 Å². The summed E-state index contributed by atoms with van der Waals surface area (Å²) < 4.78 is 11.3. The van der Waals surface area contributed by atoms with Crippen LogP contribution in [-0.4, -0.2) is 49.5 Å². The van der Waals surface area contributed by atoms with E-state index in [9.17, 15) is 0 Å². The van der Waals surface area contributed by atoms with Gasteiger partial charge >= 0.3 is 69.8 Å². The number of ether oxygens (including phenoxy) is 2. The third-order valence-electron chi connectivity index (χ3n) is 0.897. The monoisotopic (exact) mass is 237 g/mol. The van der Waals surface area contributed by atoms with Gasteiger partial charge in [-0.3, -0.25) is 0 Å². The molecule has 0 aromatic rings. The van der Waals surface area contributed by atoms with Crippen molar-refractivity contribution in [2.24, 2.45) is 0 Å². The van der Waals surface area contributed by atoms with Crippen molar-refractivity contribution >= 4 is 22.5 Å². The van der Waals surface area contributed by atoms with Crippen LogP contribution in [0.25, 0.3) is 0 Å². The zero-order valence-corrected chi connectivity index (χ0v) is 8.71. The predicted molar refractivity (Wildman–Crippen MR) is 37.9 cm³/mol. The Kier molecular flexibility index (Phi) is 9.41. The van der Waals surface area contributed by atoms with E-state index in [1.165, 1.54) is 10.9 Å². The molecule has 0 aliphatic heterocycles. The van der Waals surface area contributed by atoms with Crippen LogP contribution >= 0.6 is 0 Å². The van der Waals surface area contributed by atoms with Gasteiger partial charge in [0.25, 0.3) is 0 Å². The van der Waals surface area contributed by atoms with Crippen LogP contribution < -0.4 is 0 Å². The van der Waals surface area contributed by atoms with Crippen LogP contribution in [0.15, 0.2) is 0 Å². The summed E-state index contributed by atoms with van der Waals surface area (Å²) >= 11 is 1.60. The molecule has 0 spiro atoms. The summed E-state index contributed by atoms with van der Waals surface area (Å²) in [5.41, 5.74) is 0. The molecular weight excluding hydrogens is 223 g/mol. The molecule has 0 N–H and O–H groups in total. The van der Waals surface area contributed by atoms with Gasteiger partial charge < -0.3 is 0 Å². The molecule has 0 aromatic heterocycles. The Labute approximate surface area is 70.0 Å². The van der Waals surface area contributed by atoms with Gasteiger partial charge in [-0.15, -0.1) is 0 Å². The zero-order valence-electron chi connectivity index (χ0n) is 5.85. The van der Waals surface area contributed by atoms with E-state index in [0.717, 1.165) is 19.8 Å². The van der Waals surface area contributed by atoms with Gasteiger partial charge in [0.1, 0.15) is 0 Å². The molecule has 0 atom stereocenters. The summed E-state index contributed by atoms with van der Waals surface area (Å²) in [6.07, 6.45) is 1.20. The Bertz CT molecular complexity index is 44.3. The Balaban J connectivity index is 2.60. The van der Waals surface area contributed by atoms with Gasteiger partial charge in [-0.2, -0.15) is 0 Å². The topological polar surface area (TPSA) is 18.5 Å². The standard InChI is InChI=1S/C6H13O2.Sn/c1-3-4-8-6-5-7-2;/h1,3-6H2,2H3;. The molecule has 9 heavy (non-hydrogen) atoms. The molecule has 2 nitrogen and oxygen atoms in total. The van der Waals surface area contributed by atoms with Crippen molar-refractivity contribution in [1.82, 2.24) is 0 Å². The molecule has 0 aliphatic rings. The summed E-state index contributed by atoms with van der Waals surface area (Å²) in [7, 11) is 1.69. The van der Waals surface area contributed by atoms with Gasteiger partial charge in [0.05, 0.1) is 0 Å². The Hall–Kier alpha value is 0.719. The van der Waals surface area contributed by atoms with Gasteiger partial charge in [-0.1, -0.05) is 0 Å². The molecule has 0 bridgehead atoms. The summed E-state index contributed by atoms with van der Waals surface area (Å²) in [5, 5.41) is 0. The van der Waals surface area contributed by atoms with Crippen LogP contribution in [0.2, 0.25) is 4.44 Å². The van der Waals surface area contributed by atoms with Crippen molar-refractivity contribution in [3.8, 4) is 0 Å². The first kappa shape index (κ1) is 9.72. The normalized spacial score (nSPS) is 10.0. The second-order valence-electron chi connectivity index (χ2n) is 1.71. The summed E-state index contributed by atoms with van der Waals surface area (Å²) in [4.78, 5) is 0. The summed E-state index contributed by atoms with van der Waals surface area (Å²) in [5.74, 6) is 0. The number of methoxy groups -OCH3 is 1. The fraction of sp³-hybridized carbons (Fsp3) is 1.00. The molecule has 53 valence electrons. The van der Waals surface area contributed by atoms with Crippen molar-refractivity contribution in [3.63, 3.8) is 0 Å². The van der Waals surface area contributed by atoms with Gasteiger partial charge in [0, 0.05) is 0 Å². The van der Waals surface area contributed by atoms with E-state index in [1.54, 1.807) is 29.6 Å². The second-order valence-corrected chi connectivity index (χ2v) is 3.14. The van der Waals surface area contributed by atoms with Gasteiger partial charge in [-0.05, 0) is 0 Å². The maximum atomic E-state index is 5.20. The van der Waals surface area contributed by atoms with Crippen LogP contribution in [0, 0.1) is 0 Å². The molecule has 0 amide bonds. The zero-order chi connectivity index (χ0) is 6.95. The first-order valence-electron chi connectivity index (χ1n) is 3.13. The summed E-state index contributed by atoms with van der Waals surface area (Å²) in [6, 6.07) is 0. The first-order chi connectivity index (χ1) is 4.41. The summed E-state index contributed by atoms with van der Waals surface area (Å²) in [6.45, 7) is 2.36. The molecule has 0 aromatic carbocycles. The van der Waals surface area contributed by atoms with E-state index in [1.807, 2.05) is 0 Å². The SMILES string of the molecule is COCCOCC[CH2][Sn]. The first-order valence-corrected chi connectivity index (χ1v) is 5.15. The Morgan fingerprint density at radius 2 is 2.00 bits per heavy atom. The average Bonchev–Trinajstić information content (AvgIpc) is 1.89. The fourth-order valence-corrected chi connectivity index (χ4v) is 0.831. The quantitative estimate of drug-likeness (QED) is 0.497. The minimum atomic E-state index is 0.719. The molecule has 0 saturated heterocycles. The fourth-order valence-electron chi connectivity index (χ4n) is 0.419. The third kappa shape index (κ3) is 8.72. The van der Waals surface area contributed by atoms with Gasteiger partial charge in [0.2, 0.25) is 0 Å². The van der Waals surface area contributed by atoms with Crippen molar-refractivity contribution < 1.29 is 9.47 Å². The number of hydrogen-bond donors (Lipinski definition) is 0. The van der Waals surface area contributed by atoms with Crippen LogP contribution in [-0.2, 0) is 9.47 Å². The van der Waals surface area contributed by atoms with E-state index in [4.69, 9.17) is 9.47 Å². The average molecular weight is 236 g/mol. The van der Waals surface area contributed by atoms with E-state index >= 15 is 0 Å². The van der Waals surface area contributed by atoms with Crippen molar-refractivity contribution in [2.75, 3.05) is 26.9 Å². The molecule has 0 unspecified atom stereocenters. The number of rotatable bonds is 6. The van der Waals surface area contributed by atoms with Crippen LogP contribution in [0.3, 0.4) is 0 Å². The molecule has 0 saturated carbocycles. The molecule has 0 fully saturated rings. The minimum absolute atomic E-state index is 0.719. The molecular formula is C6H13O2Sn. The molecule has 3 radical (unpaired) electrons. The third-order valence-corrected chi connectivity index (χ3v) is 1.91. The Morgan fingerprint density at radius 1 is 1.22 bits per heavy atom. The van der Waals surface area contributed by atoms with Crippen LogP contribution in [0.1, 0.15) is 6.42 Å². The van der Waals surface area contributed by atoms with Crippen LogP contribution in [0.4, 0.5) is 0 Å². The van der Waals surface area contributed by atoms with E-state index in [2.05, 4.69) is 0 Å². The van der Waals surface area contributed by atoms with Crippen molar-refractivity contribution in [1.29, 1.82) is 0 Å². The maximum absolute atomic E-state index is 5.20. The van der Waals surface area contributed by atoms with Crippen LogP contribution in [0.5, 0.6) is 0 Å². The molecule has 0 heterocycles. The Morgan fingerprint density at radius 3 is 2.56 bits per heavy atom. The number of hydrogen-bond acceptors (Lipinski definition) is 2. The van der Waals surface area contributed by atoms with Gasteiger partial charge in [-0.25, -0.2) is 0 Å². The molecule has 0 aliphatic carbocycles. The second kappa shape index (κ2) is 8.72. The molecule has 3 heteroatoms. The predicted octanol–water partition coefficient (Wildman–Crippen LogP) is 0.626. The van der Waals surface area contributed by atoms with E-state index in [0.29, 0.717) is 0 Å². The van der Waals surface area contributed by atoms with Crippen molar-refractivity contribution in [3.05, 3.63) is 0 Å². The van der Waals surface area contributed by atoms with Gasteiger partial charge in [0.15, 0.2) is 0 Å². The van der Waals surface area contributed by atoms with Crippen molar-refractivity contribution in [2.45, 2.75) is 10.9 Å².